The van der Waals surface area contributed by atoms with Gasteiger partial charge in [0.25, 0.3) is 5.91 Å². The van der Waals surface area contributed by atoms with Crippen LogP contribution in [0, 0.1) is 6.92 Å². The van der Waals surface area contributed by atoms with Crippen LogP contribution in [0.5, 0.6) is 5.75 Å². The number of rotatable bonds is 6. The molecule has 110 valence electrons. The Morgan fingerprint density at radius 1 is 1.14 bits per heavy atom. The van der Waals surface area contributed by atoms with Crippen molar-refractivity contribution in [3.8, 4) is 5.75 Å². The van der Waals surface area contributed by atoms with E-state index in [-0.39, 0.29) is 12.5 Å². The molecular weight excluding hydrogens is 262 g/mol. The molecule has 2 aromatic rings. The number of hydrogen-bond acceptors (Lipinski definition) is 2. The van der Waals surface area contributed by atoms with Gasteiger partial charge in [0.15, 0.2) is 6.61 Å². The summed E-state index contributed by atoms with van der Waals surface area (Å²) < 4.78 is 5.59. The second-order valence-electron chi connectivity index (χ2n) is 5.02. The van der Waals surface area contributed by atoms with Gasteiger partial charge < -0.3 is 10.1 Å². The van der Waals surface area contributed by atoms with E-state index >= 15 is 0 Å². The van der Waals surface area contributed by atoms with Gasteiger partial charge in [0.1, 0.15) is 5.75 Å². The molecule has 2 aromatic carbocycles. The molecular formula is C18H21NO2. The highest BCUT2D eigenvalue weighted by Gasteiger charge is 2.05. The molecule has 2 rings (SSSR count). The molecule has 1 N–H and O–H groups in total. The Kier molecular flexibility index (Phi) is 5.38. The minimum Gasteiger partial charge on any atom is -0.483 e. The first kappa shape index (κ1) is 15.1. The quantitative estimate of drug-likeness (QED) is 0.883. The van der Waals surface area contributed by atoms with E-state index in [4.69, 9.17) is 4.74 Å². The summed E-state index contributed by atoms with van der Waals surface area (Å²) in [7, 11) is 0. The van der Waals surface area contributed by atoms with Crippen molar-refractivity contribution in [3.63, 3.8) is 0 Å². The Morgan fingerprint density at radius 3 is 2.71 bits per heavy atom. The maximum absolute atomic E-state index is 11.8. The Bertz CT molecular complexity index is 608. The lowest BCUT2D eigenvalue weighted by molar-refractivity contribution is -0.123. The van der Waals surface area contributed by atoms with E-state index in [9.17, 15) is 4.79 Å². The second-order valence-corrected chi connectivity index (χ2v) is 5.02. The fourth-order valence-electron chi connectivity index (χ4n) is 2.15. The van der Waals surface area contributed by atoms with Gasteiger partial charge in [-0.3, -0.25) is 4.79 Å². The molecule has 0 aliphatic heterocycles. The number of carbonyl (C=O) groups excluding carboxylic acids is 1. The summed E-state index contributed by atoms with van der Waals surface area (Å²) in [6, 6.07) is 15.9. The lowest BCUT2D eigenvalue weighted by atomic mass is 10.1. The molecule has 3 heteroatoms. The van der Waals surface area contributed by atoms with E-state index in [0.29, 0.717) is 6.54 Å². The third kappa shape index (κ3) is 4.63. The van der Waals surface area contributed by atoms with Crippen LogP contribution in [0.3, 0.4) is 0 Å². The van der Waals surface area contributed by atoms with Gasteiger partial charge in [-0.05, 0) is 30.5 Å². The maximum atomic E-state index is 11.8. The summed E-state index contributed by atoms with van der Waals surface area (Å²) in [5.41, 5.74) is 3.40. The molecule has 0 heterocycles. The SMILES string of the molecule is CCc1ccccc1OCC(=O)NCc1cccc(C)c1. The molecule has 0 aliphatic rings. The number of carbonyl (C=O) groups is 1. The van der Waals surface area contributed by atoms with Crippen LogP contribution in [0.15, 0.2) is 48.5 Å². The zero-order valence-corrected chi connectivity index (χ0v) is 12.6. The van der Waals surface area contributed by atoms with Gasteiger partial charge in [-0.25, -0.2) is 0 Å². The Morgan fingerprint density at radius 2 is 1.95 bits per heavy atom. The van der Waals surface area contributed by atoms with E-state index in [1.165, 1.54) is 5.56 Å². The van der Waals surface area contributed by atoms with Gasteiger partial charge in [0.05, 0.1) is 0 Å². The number of nitrogens with one attached hydrogen (secondary N) is 1. The Balaban J connectivity index is 1.82. The standard InChI is InChI=1S/C18H21NO2/c1-3-16-9-4-5-10-17(16)21-13-18(20)19-12-15-8-6-7-14(2)11-15/h4-11H,3,12-13H2,1-2H3,(H,19,20). The van der Waals surface area contributed by atoms with Crippen molar-refractivity contribution < 1.29 is 9.53 Å². The number of hydrogen-bond donors (Lipinski definition) is 1. The minimum atomic E-state index is -0.109. The first-order chi connectivity index (χ1) is 10.2. The molecule has 3 nitrogen and oxygen atoms in total. The highest BCUT2D eigenvalue weighted by molar-refractivity contribution is 5.77. The van der Waals surface area contributed by atoms with Crippen molar-refractivity contribution in [2.45, 2.75) is 26.8 Å². The van der Waals surface area contributed by atoms with Gasteiger partial charge in [-0.2, -0.15) is 0 Å². The van der Waals surface area contributed by atoms with Crippen LogP contribution in [-0.4, -0.2) is 12.5 Å². The summed E-state index contributed by atoms with van der Waals surface area (Å²) >= 11 is 0. The fourth-order valence-corrected chi connectivity index (χ4v) is 2.15. The molecule has 0 bridgehead atoms. The van der Waals surface area contributed by atoms with Crippen molar-refractivity contribution in [1.29, 1.82) is 0 Å². The van der Waals surface area contributed by atoms with Crippen molar-refractivity contribution >= 4 is 5.91 Å². The molecule has 0 saturated carbocycles. The van der Waals surface area contributed by atoms with E-state index in [2.05, 4.69) is 18.3 Å². The molecule has 1 amide bonds. The Labute approximate surface area is 126 Å². The zero-order chi connectivity index (χ0) is 15.1. The predicted octanol–water partition coefficient (Wildman–Crippen LogP) is 3.25. The summed E-state index contributed by atoms with van der Waals surface area (Å²) in [6.45, 7) is 4.68. The van der Waals surface area contributed by atoms with Crippen molar-refractivity contribution in [2.24, 2.45) is 0 Å². The summed E-state index contributed by atoms with van der Waals surface area (Å²) in [6.07, 6.45) is 0.890. The van der Waals surface area contributed by atoms with Gasteiger partial charge in [-0.15, -0.1) is 0 Å². The number of benzene rings is 2. The van der Waals surface area contributed by atoms with Crippen LogP contribution < -0.4 is 10.1 Å². The van der Waals surface area contributed by atoms with Gasteiger partial charge >= 0.3 is 0 Å². The van der Waals surface area contributed by atoms with E-state index < -0.39 is 0 Å². The molecule has 0 spiro atoms. The van der Waals surface area contributed by atoms with Gasteiger partial charge in [0.2, 0.25) is 0 Å². The highest BCUT2D eigenvalue weighted by Crippen LogP contribution is 2.17. The number of ether oxygens (including phenoxy) is 1. The second kappa shape index (κ2) is 7.48. The average Bonchev–Trinajstić information content (AvgIpc) is 2.51. The van der Waals surface area contributed by atoms with Crippen LogP contribution in [-0.2, 0) is 17.8 Å². The normalized spacial score (nSPS) is 10.2. The third-order valence-electron chi connectivity index (χ3n) is 3.28. The lowest BCUT2D eigenvalue weighted by Crippen LogP contribution is -2.28. The summed E-state index contributed by atoms with van der Waals surface area (Å²) in [5.74, 6) is 0.674. The molecule has 0 unspecified atom stereocenters. The monoisotopic (exact) mass is 283 g/mol. The van der Waals surface area contributed by atoms with Crippen LogP contribution >= 0.6 is 0 Å². The van der Waals surface area contributed by atoms with Crippen molar-refractivity contribution in [3.05, 3.63) is 65.2 Å². The number of para-hydroxylation sites is 1. The third-order valence-corrected chi connectivity index (χ3v) is 3.28. The van der Waals surface area contributed by atoms with Crippen LogP contribution in [0.2, 0.25) is 0 Å². The lowest BCUT2D eigenvalue weighted by Gasteiger charge is -2.10. The maximum Gasteiger partial charge on any atom is 0.258 e. The highest BCUT2D eigenvalue weighted by atomic mass is 16.5. The average molecular weight is 283 g/mol. The molecule has 0 fully saturated rings. The van der Waals surface area contributed by atoms with Crippen LogP contribution in [0.1, 0.15) is 23.6 Å². The van der Waals surface area contributed by atoms with Crippen LogP contribution in [0.25, 0.3) is 0 Å². The van der Waals surface area contributed by atoms with Crippen LogP contribution in [0.4, 0.5) is 0 Å². The molecule has 0 saturated heterocycles. The summed E-state index contributed by atoms with van der Waals surface area (Å²) in [4.78, 5) is 11.8. The van der Waals surface area contributed by atoms with Gasteiger partial charge in [0, 0.05) is 6.54 Å². The molecule has 0 aromatic heterocycles. The number of amides is 1. The van der Waals surface area contributed by atoms with E-state index in [1.807, 2.05) is 49.4 Å². The predicted molar refractivity (Wildman–Crippen MR) is 84.3 cm³/mol. The van der Waals surface area contributed by atoms with E-state index in [0.717, 1.165) is 23.3 Å². The minimum absolute atomic E-state index is 0.0445. The molecule has 0 atom stereocenters. The summed E-state index contributed by atoms with van der Waals surface area (Å²) in [5, 5.41) is 2.87. The van der Waals surface area contributed by atoms with Crippen molar-refractivity contribution in [1.82, 2.24) is 5.32 Å². The smallest absolute Gasteiger partial charge is 0.258 e. The first-order valence-electron chi connectivity index (χ1n) is 7.22. The first-order valence-corrected chi connectivity index (χ1v) is 7.22. The van der Waals surface area contributed by atoms with E-state index in [1.54, 1.807) is 0 Å². The molecule has 21 heavy (non-hydrogen) atoms. The molecule has 0 radical (unpaired) electrons. The largest absolute Gasteiger partial charge is 0.483 e. The molecule has 0 aliphatic carbocycles. The number of aryl methyl sites for hydroxylation is 2. The Hall–Kier alpha value is -2.29. The van der Waals surface area contributed by atoms with Gasteiger partial charge in [-0.1, -0.05) is 55.0 Å². The fraction of sp³-hybridized carbons (Fsp3) is 0.278. The topological polar surface area (TPSA) is 38.3 Å². The zero-order valence-electron chi connectivity index (χ0n) is 12.6. The van der Waals surface area contributed by atoms with Crippen molar-refractivity contribution in [2.75, 3.05) is 6.61 Å².